The van der Waals surface area contributed by atoms with Crippen LogP contribution in [0.2, 0.25) is 0 Å². The molecule has 0 bridgehead atoms. The van der Waals surface area contributed by atoms with Gasteiger partial charge in [0.2, 0.25) is 11.5 Å². The zero-order chi connectivity index (χ0) is 12.7. The van der Waals surface area contributed by atoms with E-state index in [9.17, 15) is 4.39 Å². The highest BCUT2D eigenvalue weighted by atomic mass is 79.9. The summed E-state index contributed by atoms with van der Waals surface area (Å²) in [5.41, 5.74) is 1.20. The van der Waals surface area contributed by atoms with Crippen molar-refractivity contribution in [3.8, 4) is 11.5 Å². The van der Waals surface area contributed by atoms with Crippen LogP contribution in [0.25, 0.3) is 22.8 Å². The molecule has 0 spiro atoms. The number of oxazole rings is 1. The molecule has 0 radical (unpaired) electrons. The summed E-state index contributed by atoms with van der Waals surface area (Å²) < 4.78 is 19.6. The smallest absolute Gasteiger partial charge is 0.268 e. The van der Waals surface area contributed by atoms with Crippen molar-refractivity contribution in [2.24, 2.45) is 0 Å². The molecule has 2 heterocycles. The molecular weight excluding hydrogens is 369 g/mol. The van der Waals surface area contributed by atoms with Crippen molar-refractivity contribution in [1.82, 2.24) is 15.0 Å². The standard InChI is InChI=1S/C11H4Br2FN3O/c12-7-8(13)16-11-9(15-7)17-10(18-11)5-2-1-3-6(14)4-5/h1-4H. The summed E-state index contributed by atoms with van der Waals surface area (Å²) in [4.78, 5) is 12.4. The van der Waals surface area contributed by atoms with E-state index in [4.69, 9.17) is 4.42 Å². The third kappa shape index (κ3) is 2.04. The van der Waals surface area contributed by atoms with E-state index >= 15 is 0 Å². The van der Waals surface area contributed by atoms with Crippen molar-refractivity contribution in [1.29, 1.82) is 0 Å². The van der Waals surface area contributed by atoms with E-state index in [0.717, 1.165) is 0 Å². The van der Waals surface area contributed by atoms with Crippen LogP contribution in [0.4, 0.5) is 4.39 Å². The lowest BCUT2D eigenvalue weighted by Gasteiger charge is -1.93. The summed E-state index contributed by atoms with van der Waals surface area (Å²) in [7, 11) is 0. The Morgan fingerprint density at radius 1 is 1.06 bits per heavy atom. The van der Waals surface area contributed by atoms with Crippen LogP contribution < -0.4 is 0 Å². The van der Waals surface area contributed by atoms with Crippen molar-refractivity contribution in [3.63, 3.8) is 0 Å². The molecule has 4 nitrogen and oxygen atoms in total. The summed E-state index contributed by atoms with van der Waals surface area (Å²) in [6.45, 7) is 0. The van der Waals surface area contributed by atoms with Crippen LogP contribution in [0, 0.1) is 5.82 Å². The molecule has 0 amide bonds. The summed E-state index contributed by atoms with van der Waals surface area (Å²) in [6, 6.07) is 5.99. The maximum Gasteiger partial charge on any atom is 0.268 e. The molecule has 0 saturated carbocycles. The Labute approximate surface area is 118 Å². The van der Waals surface area contributed by atoms with E-state index in [1.54, 1.807) is 12.1 Å². The Morgan fingerprint density at radius 2 is 1.83 bits per heavy atom. The number of rotatable bonds is 1. The molecule has 0 unspecified atom stereocenters. The van der Waals surface area contributed by atoms with Crippen LogP contribution in [-0.2, 0) is 0 Å². The molecule has 0 fully saturated rings. The maximum atomic E-state index is 13.1. The number of fused-ring (bicyclic) bond motifs is 1. The van der Waals surface area contributed by atoms with Crippen LogP contribution in [0.3, 0.4) is 0 Å². The van der Waals surface area contributed by atoms with Gasteiger partial charge in [-0.1, -0.05) is 6.07 Å². The fourth-order valence-corrected chi connectivity index (χ4v) is 1.98. The Balaban J connectivity index is 2.19. The van der Waals surface area contributed by atoms with Gasteiger partial charge in [-0.15, -0.1) is 0 Å². The van der Waals surface area contributed by atoms with Gasteiger partial charge in [-0.25, -0.2) is 9.37 Å². The molecule has 0 N–H and O–H groups in total. The Bertz CT molecular complexity index is 705. The fraction of sp³-hybridized carbons (Fsp3) is 0. The number of nitrogens with zero attached hydrogens (tertiary/aromatic N) is 3. The first-order chi connectivity index (χ1) is 8.63. The van der Waals surface area contributed by atoms with Crippen LogP contribution >= 0.6 is 31.9 Å². The van der Waals surface area contributed by atoms with E-state index in [0.29, 0.717) is 26.1 Å². The van der Waals surface area contributed by atoms with Gasteiger partial charge in [0.1, 0.15) is 15.0 Å². The van der Waals surface area contributed by atoms with Gasteiger partial charge in [0.05, 0.1) is 0 Å². The molecule has 3 aromatic rings. The van der Waals surface area contributed by atoms with E-state index in [1.165, 1.54) is 12.1 Å². The summed E-state index contributed by atoms with van der Waals surface area (Å²) in [6.07, 6.45) is 0. The average molecular weight is 373 g/mol. The SMILES string of the molecule is Fc1cccc(-c2nc3nc(Br)c(Br)nc3o2)c1. The highest BCUT2D eigenvalue weighted by Gasteiger charge is 2.13. The molecule has 0 aliphatic carbocycles. The monoisotopic (exact) mass is 371 g/mol. The first-order valence-corrected chi connectivity index (χ1v) is 6.47. The van der Waals surface area contributed by atoms with E-state index in [-0.39, 0.29) is 11.7 Å². The summed E-state index contributed by atoms with van der Waals surface area (Å²) >= 11 is 6.46. The Morgan fingerprint density at radius 3 is 2.61 bits per heavy atom. The summed E-state index contributed by atoms with van der Waals surface area (Å²) in [5.74, 6) is -0.0625. The predicted molar refractivity (Wildman–Crippen MR) is 70.4 cm³/mol. The normalized spacial score (nSPS) is 11.1. The number of hydrogen-bond donors (Lipinski definition) is 0. The summed E-state index contributed by atoms with van der Waals surface area (Å²) in [5, 5.41) is 0. The van der Waals surface area contributed by atoms with Crippen molar-refractivity contribution in [2.75, 3.05) is 0 Å². The minimum Gasteiger partial charge on any atom is -0.416 e. The second kappa shape index (κ2) is 4.40. The van der Waals surface area contributed by atoms with Crippen molar-refractivity contribution >= 4 is 43.2 Å². The lowest BCUT2D eigenvalue weighted by Crippen LogP contribution is -1.84. The molecule has 90 valence electrons. The molecule has 7 heteroatoms. The third-order valence-corrected chi connectivity index (χ3v) is 3.88. The lowest BCUT2D eigenvalue weighted by atomic mass is 10.2. The first kappa shape index (κ1) is 11.7. The zero-order valence-electron chi connectivity index (χ0n) is 8.69. The van der Waals surface area contributed by atoms with Gasteiger partial charge < -0.3 is 4.42 Å². The second-order valence-electron chi connectivity index (χ2n) is 3.46. The minimum atomic E-state index is -0.349. The number of halogens is 3. The van der Waals surface area contributed by atoms with Gasteiger partial charge in [-0.3, -0.25) is 0 Å². The van der Waals surface area contributed by atoms with Crippen LogP contribution in [0.15, 0.2) is 37.9 Å². The minimum absolute atomic E-state index is 0.287. The molecule has 0 aliphatic rings. The third-order valence-electron chi connectivity index (χ3n) is 2.24. The molecule has 0 saturated heterocycles. The number of benzene rings is 1. The van der Waals surface area contributed by atoms with Gasteiger partial charge in [0.15, 0.2) is 0 Å². The van der Waals surface area contributed by atoms with E-state index < -0.39 is 0 Å². The Hall–Kier alpha value is -1.34. The fourth-order valence-electron chi connectivity index (χ4n) is 1.47. The lowest BCUT2D eigenvalue weighted by molar-refractivity contribution is 0.601. The van der Waals surface area contributed by atoms with Crippen LogP contribution in [-0.4, -0.2) is 15.0 Å². The van der Waals surface area contributed by atoms with Crippen molar-refractivity contribution in [2.45, 2.75) is 0 Å². The number of aromatic nitrogens is 3. The maximum absolute atomic E-state index is 13.1. The van der Waals surface area contributed by atoms with Crippen LogP contribution in [0.1, 0.15) is 0 Å². The quantitative estimate of drug-likeness (QED) is 0.649. The first-order valence-electron chi connectivity index (χ1n) is 4.89. The predicted octanol–water partition coefficient (Wildman–Crippen LogP) is 3.95. The van der Waals surface area contributed by atoms with Crippen molar-refractivity contribution in [3.05, 3.63) is 39.3 Å². The molecular formula is C11H4Br2FN3O. The zero-order valence-corrected chi connectivity index (χ0v) is 11.9. The van der Waals surface area contributed by atoms with Gasteiger partial charge in [-0.05, 0) is 50.1 Å². The van der Waals surface area contributed by atoms with Crippen molar-refractivity contribution < 1.29 is 8.81 Å². The molecule has 2 aromatic heterocycles. The Kier molecular flexibility index (Phi) is 2.87. The highest BCUT2D eigenvalue weighted by Crippen LogP contribution is 2.26. The van der Waals surface area contributed by atoms with E-state index in [1.807, 2.05) is 0 Å². The largest absolute Gasteiger partial charge is 0.416 e. The topological polar surface area (TPSA) is 51.8 Å². The average Bonchev–Trinajstić information content (AvgIpc) is 2.73. The van der Waals surface area contributed by atoms with Gasteiger partial charge >= 0.3 is 0 Å². The second-order valence-corrected chi connectivity index (χ2v) is 4.97. The van der Waals surface area contributed by atoms with E-state index in [2.05, 4.69) is 46.8 Å². The van der Waals surface area contributed by atoms with Crippen LogP contribution in [0.5, 0.6) is 0 Å². The molecule has 3 rings (SSSR count). The van der Waals surface area contributed by atoms with Gasteiger partial charge in [0, 0.05) is 5.56 Å². The number of hydrogen-bond acceptors (Lipinski definition) is 4. The molecule has 0 atom stereocenters. The van der Waals surface area contributed by atoms with Gasteiger partial charge in [-0.2, -0.15) is 9.97 Å². The molecule has 1 aromatic carbocycles. The highest BCUT2D eigenvalue weighted by molar-refractivity contribution is 9.13. The molecule has 18 heavy (non-hydrogen) atoms. The van der Waals surface area contributed by atoms with Gasteiger partial charge in [0.25, 0.3) is 5.71 Å². The molecule has 0 aliphatic heterocycles.